The van der Waals surface area contributed by atoms with Gasteiger partial charge in [0.1, 0.15) is 6.33 Å². The summed E-state index contributed by atoms with van der Waals surface area (Å²) in [6.07, 6.45) is 1.67. The maximum Gasteiger partial charge on any atom is 0.168 e. The van der Waals surface area contributed by atoms with E-state index in [0.717, 1.165) is 17.1 Å². The van der Waals surface area contributed by atoms with Crippen molar-refractivity contribution in [3.63, 3.8) is 0 Å². The lowest BCUT2D eigenvalue weighted by Gasteiger charge is -2.08. The van der Waals surface area contributed by atoms with Crippen LogP contribution in [-0.4, -0.2) is 14.8 Å². The van der Waals surface area contributed by atoms with E-state index in [1.165, 1.54) is 0 Å². The van der Waals surface area contributed by atoms with Crippen molar-refractivity contribution in [2.75, 3.05) is 0 Å². The SMILES string of the molecule is Clc1ccccc1-n1cnnc1-c1ccccc1. The predicted octanol–water partition coefficient (Wildman–Crippen LogP) is 3.59. The van der Waals surface area contributed by atoms with Gasteiger partial charge in [0, 0.05) is 5.56 Å². The van der Waals surface area contributed by atoms with Crippen molar-refractivity contribution >= 4 is 11.6 Å². The molecule has 1 heterocycles. The molecule has 0 aliphatic heterocycles. The fraction of sp³-hybridized carbons (Fsp3) is 0. The van der Waals surface area contributed by atoms with E-state index < -0.39 is 0 Å². The van der Waals surface area contributed by atoms with Crippen molar-refractivity contribution in [3.8, 4) is 17.1 Å². The van der Waals surface area contributed by atoms with Crippen molar-refractivity contribution in [2.24, 2.45) is 0 Å². The molecule has 0 spiro atoms. The highest BCUT2D eigenvalue weighted by atomic mass is 35.5. The lowest BCUT2D eigenvalue weighted by Crippen LogP contribution is -1.96. The van der Waals surface area contributed by atoms with Gasteiger partial charge in [-0.15, -0.1) is 10.2 Å². The number of rotatable bonds is 2. The molecule has 2 aromatic carbocycles. The maximum absolute atomic E-state index is 6.20. The van der Waals surface area contributed by atoms with Crippen LogP contribution in [0.5, 0.6) is 0 Å². The Hall–Kier alpha value is -2.13. The zero-order valence-electron chi connectivity index (χ0n) is 9.49. The van der Waals surface area contributed by atoms with E-state index in [4.69, 9.17) is 11.6 Å². The summed E-state index contributed by atoms with van der Waals surface area (Å²) < 4.78 is 1.89. The van der Waals surface area contributed by atoms with Crippen molar-refractivity contribution in [3.05, 3.63) is 65.9 Å². The molecule has 0 saturated heterocycles. The minimum Gasteiger partial charge on any atom is -0.280 e. The van der Waals surface area contributed by atoms with Crippen LogP contribution in [0, 0.1) is 0 Å². The first-order valence-electron chi connectivity index (χ1n) is 5.56. The highest BCUT2D eigenvalue weighted by Crippen LogP contribution is 2.25. The molecule has 4 heteroatoms. The second-order valence-electron chi connectivity index (χ2n) is 3.84. The smallest absolute Gasteiger partial charge is 0.168 e. The van der Waals surface area contributed by atoms with Gasteiger partial charge in [-0.25, -0.2) is 0 Å². The molecule has 0 fully saturated rings. The zero-order valence-corrected chi connectivity index (χ0v) is 10.2. The van der Waals surface area contributed by atoms with Gasteiger partial charge in [0.25, 0.3) is 0 Å². The number of aromatic nitrogens is 3. The van der Waals surface area contributed by atoms with E-state index in [9.17, 15) is 0 Å². The summed E-state index contributed by atoms with van der Waals surface area (Å²) >= 11 is 6.20. The van der Waals surface area contributed by atoms with Crippen LogP contribution >= 0.6 is 11.6 Å². The molecule has 3 rings (SSSR count). The summed E-state index contributed by atoms with van der Waals surface area (Å²) in [6.45, 7) is 0. The maximum atomic E-state index is 6.20. The second-order valence-corrected chi connectivity index (χ2v) is 4.25. The first kappa shape index (κ1) is 11.0. The second kappa shape index (κ2) is 4.63. The molecule has 0 aliphatic carbocycles. The largest absolute Gasteiger partial charge is 0.280 e. The van der Waals surface area contributed by atoms with Gasteiger partial charge >= 0.3 is 0 Å². The van der Waals surface area contributed by atoms with Crippen LogP contribution in [0.3, 0.4) is 0 Å². The summed E-state index contributed by atoms with van der Waals surface area (Å²) in [5.41, 5.74) is 1.89. The summed E-state index contributed by atoms with van der Waals surface area (Å²) in [4.78, 5) is 0. The van der Waals surface area contributed by atoms with Crippen molar-refractivity contribution in [2.45, 2.75) is 0 Å². The molecule has 3 aromatic rings. The molecule has 0 unspecified atom stereocenters. The summed E-state index contributed by atoms with van der Waals surface area (Å²) in [7, 11) is 0. The molecular formula is C14H10ClN3. The third-order valence-corrected chi connectivity index (χ3v) is 3.01. The van der Waals surface area contributed by atoms with E-state index in [0.29, 0.717) is 5.02 Å². The van der Waals surface area contributed by atoms with Crippen molar-refractivity contribution in [1.82, 2.24) is 14.8 Å². The quantitative estimate of drug-likeness (QED) is 0.701. The van der Waals surface area contributed by atoms with Crippen molar-refractivity contribution in [1.29, 1.82) is 0 Å². The highest BCUT2D eigenvalue weighted by molar-refractivity contribution is 6.32. The van der Waals surface area contributed by atoms with Crippen LogP contribution in [-0.2, 0) is 0 Å². The van der Waals surface area contributed by atoms with Crippen LogP contribution in [0.4, 0.5) is 0 Å². The molecule has 0 saturated carbocycles. The van der Waals surface area contributed by atoms with Crippen molar-refractivity contribution < 1.29 is 0 Å². The van der Waals surface area contributed by atoms with Gasteiger partial charge in [-0.1, -0.05) is 54.1 Å². The molecule has 0 aliphatic rings. The van der Waals surface area contributed by atoms with Crippen LogP contribution < -0.4 is 0 Å². The van der Waals surface area contributed by atoms with Crippen LogP contribution in [0.25, 0.3) is 17.1 Å². The lowest BCUT2D eigenvalue weighted by molar-refractivity contribution is 1.06. The Kier molecular flexibility index (Phi) is 2.82. The van der Waals surface area contributed by atoms with Gasteiger partial charge in [0.05, 0.1) is 10.7 Å². The Morgan fingerprint density at radius 1 is 0.889 bits per heavy atom. The van der Waals surface area contributed by atoms with Gasteiger partial charge in [-0.2, -0.15) is 0 Å². The monoisotopic (exact) mass is 255 g/mol. The molecule has 0 amide bonds. The Bertz CT molecular complexity index is 662. The van der Waals surface area contributed by atoms with E-state index in [-0.39, 0.29) is 0 Å². The Morgan fingerprint density at radius 2 is 1.61 bits per heavy atom. The third-order valence-electron chi connectivity index (χ3n) is 2.69. The van der Waals surface area contributed by atoms with Crippen LogP contribution in [0.2, 0.25) is 5.02 Å². The van der Waals surface area contributed by atoms with Gasteiger partial charge in [-0.3, -0.25) is 4.57 Å². The number of halogens is 1. The lowest BCUT2D eigenvalue weighted by atomic mass is 10.2. The number of benzene rings is 2. The normalized spacial score (nSPS) is 10.5. The fourth-order valence-corrected chi connectivity index (χ4v) is 2.07. The Balaban J connectivity index is 2.16. The first-order chi connectivity index (χ1) is 8.86. The van der Waals surface area contributed by atoms with Gasteiger partial charge < -0.3 is 0 Å². The molecule has 0 bridgehead atoms. The van der Waals surface area contributed by atoms with Gasteiger partial charge in [-0.05, 0) is 12.1 Å². The average Bonchev–Trinajstić information content (AvgIpc) is 2.89. The molecule has 0 atom stereocenters. The molecule has 0 N–H and O–H groups in total. The highest BCUT2D eigenvalue weighted by Gasteiger charge is 2.10. The molecule has 88 valence electrons. The molecule has 3 nitrogen and oxygen atoms in total. The third kappa shape index (κ3) is 1.89. The Labute approximate surface area is 110 Å². The molecular weight excluding hydrogens is 246 g/mol. The Morgan fingerprint density at radius 3 is 2.39 bits per heavy atom. The summed E-state index contributed by atoms with van der Waals surface area (Å²) in [6, 6.07) is 17.6. The molecule has 18 heavy (non-hydrogen) atoms. The predicted molar refractivity (Wildman–Crippen MR) is 71.8 cm³/mol. The number of nitrogens with zero attached hydrogens (tertiary/aromatic N) is 3. The average molecular weight is 256 g/mol. The number of hydrogen-bond acceptors (Lipinski definition) is 2. The first-order valence-corrected chi connectivity index (χ1v) is 5.94. The topological polar surface area (TPSA) is 30.7 Å². The fourth-order valence-electron chi connectivity index (χ4n) is 1.84. The molecule has 1 aromatic heterocycles. The standard InChI is InChI=1S/C14H10ClN3/c15-12-8-4-5-9-13(12)18-10-16-17-14(18)11-6-2-1-3-7-11/h1-10H. The van der Waals surface area contributed by atoms with Gasteiger partial charge in [0.2, 0.25) is 0 Å². The number of hydrogen-bond donors (Lipinski definition) is 0. The minimum atomic E-state index is 0.675. The van der Waals surface area contributed by atoms with Crippen LogP contribution in [0.1, 0.15) is 0 Å². The van der Waals surface area contributed by atoms with E-state index in [1.54, 1.807) is 6.33 Å². The van der Waals surface area contributed by atoms with Gasteiger partial charge in [0.15, 0.2) is 5.82 Å². The van der Waals surface area contributed by atoms with E-state index in [1.807, 2.05) is 59.2 Å². The minimum absolute atomic E-state index is 0.675. The van der Waals surface area contributed by atoms with E-state index in [2.05, 4.69) is 10.2 Å². The zero-order chi connectivity index (χ0) is 12.4. The van der Waals surface area contributed by atoms with Crippen LogP contribution in [0.15, 0.2) is 60.9 Å². The summed E-state index contributed by atoms with van der Waals surface area (Å²) in [5.74, 6) is 0.781. The summed E-state index contributed by atoms with van der Waals surface area (Å²) in [5, 5.41) is 8.80. The molecule has 0 radical (unpaired) electrons. The number of para-hydroxylation sites is 1. The van der Waals surface area contributed by atoms with E-state index >= 15 is 0 Å².